The van der Waals surface area contributed by atoms with Gasteiger partial charge in [0.1, 0.15) is 0 Å². The van der Waals surface area contributed by atoms with Gasteiger partial charge in [-0.05, 0) is 42.3 Å². The number of aromatic nitrogens is 4. The van der Waals surface area contributed by atoms with E-state index < -0.39 is 0 Å². The fourth-order valence-corrected chi connectivity index (χ4v) is 4.51. The summed E-state index contributed by atoms with van der Waals surface area (Å²) in [7, 11) is 8.28. The summed E-state index contributed by atoms with van der Waals surface area (Å²) in [5.74, 6) is 1.03. The van der Waals surface area contributed by atoms with Crippen LogP contribution in [0.15, 0.2) is 59.1 Å². The van der Waals surface area contributed by atoms with Crippen LogP contribution in [0.1, 0.15) is 28.2 Å². The molecule has 0 amide bonds. The van der Waals surface area contributed by atoms with Crippen LogP contribution < -0.4 is 9.80 Å². The van der Waals surface area contributed by atoms with Gasteiger partial charge in [0, 0.05) is 62.7 Å². The highest BCUT2D eigenvalue weighted by Crippen LogP contribution is 2.44. The monoisotopic (exact) mass is 440 g/mol. The van der Waals surface area contributed by atoms with E-state index in [-0.39, 0.29) is 5.41 Å². The molecule has 2 aromatic heterocycles. The zero-order valence-corrected chi connectivity index (χ0v) is 19.6. The second kappa shape index (κ2) is 7.92. The van der Waals surface area contributed by atoms with Crippen LogP contribution in [0, 0.1) is 6.92 Å². The highest BCUT2D eigenvalue weighted by atomic mass is 16.5. The molecule has 0 spiro atoms. The first kappa shape index (κ1) is 21.0. The molecule has 1 aliphatic carbocycles. The van der Waals surface area contributed by atoms with Crippen molar-refractivity contribution < 1.29 is 4.52 Å². The number of H-pyrrole nitrogens is 1. The Hall–Kier alpha value is -3.87. The Balaban J connectivity index is 1.68. The summed E-state index contributed by atoms with van der Waals surface area (Å²) in [6, 6.07) is 17.5. The van der Waals surface area contributed by atoms with Crippen molar-refractivity contribution in [2.75, 3.05) is 38.0 Å². The number of rotatable bonds is 5. The third-order valence-corrected chi connectivity index (χ3v) is 6.36. The lowest BCUT2D eigenvalue weighted by atomic mass is 9.68. The molecule has 2 heterocycles. The molecule has 1 N–H and O–H groups in total. The molecule has 33 heavy (non-hydrogen) atoms. The Morgan fingerprint density at radius 3 is 2.12 bits per heavy atom. The largest absolute Gasteiger partial charge is 0.378 e. The molecule has 7 heteroatoms. The molecule has 5 rings (SSSR count). The van der Waals surface area contributed by atoms with Gasteiger partial charge in [-0.3, -0.25) is 5.10 Å². The van der Waals surface area contributed by atoms with Crippen molar-refractivity contribution in [3.05, 3.63) is 82.8 Å². The normalized spacial score (nSPS) is 14.2. The minimum atomic E-state index is -0.348. The summed E-state index contributed by atoms with van der Waals surface area (Å²) in [6.07, 6.45) is 5.18. The van der Waals surface area contributed by atoms with Gasteiger partial charge in [-0.2, -0.15) is 10.1 Å². The second-order valence-electron chi connectivity index (χ2n) is 8.98. The molecular weight excluding hydrogens is 412 g/mol. The number of aryl methyl sites for hydroxylation is 1. The molecule has 2 aromatic carbocycles. The van der Waals surface area contributed by atoms with E-state index in [4.69, 9.17) is 4.52 Å². The molecule has 0 saturated carbocycles. The molecule has 0 unspecified atom stereocenters. The van der Waals surface area contributed by atoms with Crippen LogP contribution >= 0.6 is 0 Å². The number of nitrogens with zero attached hydrogens (tertiary/aromatic N) is 5. The van der Waals surface area contributed by atoms with Crippen molar-refractivity contribution in [1.82, 2.24) is 20.3 Å². The van der Waals surface area contributed by atoms with E-state index in [0.29, 0.717) is 17.4 Å². The number of hydrogen-bond donors (Lipinski definition) is 1. The third kappa shape index (κ3) is 3.59. The zero-order chi connectivity index (χ0) is 23.2. The molecule has 0 fully saturated rings. The molecule has 168 valence electrons. The minimum Gasteiger partial charge on any atom is -0.378 e. The lowest BCUT2D eigenvalue weighted by molar-refractivity contribution is 0.424. The molecule has 0 atom stereocenters. The van der Waals surface area contributed by atoms with Crippen LogP contribution in [0.25, 0.3) is 17.7 Å². The fourth-order valence-electron chi connectivity index (χ4n) is 4.51. The quantitative estimate of drug-likeness (QED) is 0.494. The molecule has 7 nitrogen and oxygen atoms in total. The lowest BCUT2D eigenvalue weighted by Crippen LogP contribution is -2.31. The predicted molar refractivity (Wildman–Crippen MR) is 132 cm³/mol. The Bertz CT molecular complexity index is 1280. The highest BCUT2D eigenvalue weighted by molar-refractivity contribution is 5.73. The standard InChI is InChI=1S/C26H28N6O/c1-17-27-25(33-30-17)24-22-12-13-26(16-23(22)28-29-24,18-8-6-10-20(14-18)31(2)3)19-9-7-11-21(15-19)32(4)5/h6-15H,16H2,1-5H3,(H,28,29). The van der Waals surface area contributed by atoms with Crippen LogP contribution in [0.3, 0.4) is 0 Å². The summed E-state index contributed by atoms with van der Waals surface area (Å²) in [6.45, 7) is 1.81. The van der Waals surface area contributed by atoms with Crippen molar-refractivity contribution in [2.24, 2.45) is 0 Å². The first-order valence-electron chi connectivity index (χ1n) is 11.0. The van der Waals surface area contributed by atoms with Crippen LogP contribution in [0.2, 0.25) is 0 Å². The predicted octanol–water partition coefficient (Wildman–Crippen LogP) is 4.46. The van der Waals surface area contributed by atoms with Gasteiger partial charge in [-0.1, -0.05) is 41.6 Å². The Morgan fingerprint density at radius 2 is 1.58 bits per heavy atom. The topological polar surface area (TPSA) is 74.1 Å². The first-order valence-corrected chi connectivity index (χ1v) is 11.0. The van der Waals surface area contributed by atoms with Crippen LogP contribution in [-0.4, -0.2) is 48.5 Å². The van der Waals surface area contributed by atoms with E-state index in [1.54, 1.807) is 0 Å². The molecule has 0 aliphatic heterocycles. The average Bonchev–Trinajstić information content (AvgIpc) is 3.44. The van der Waals surface area contributed by atoms with E-state index >= 15 is 0 Å². The minimum absolute atomic E-state index is 0.348. The van der Waals surface area contributed by atoms with Crippen LogP contribution in [-0.2, 0) is 11.8 Å². The van der Waals surface area contributed by atoms with Crippen molar-refractivity contribution in [3.8, 4) is 11.6 Å². The van der Waals surface area contributed by atoms with Crippen molar-refractivity contribution in [3.63, 3.8) is 0 Å². The maximum Gasteiger partial charge on any atom is 0.279 e. The molecule has 0 bridgehead atoms. The van der Waals surface area contributed by atoms with Crippen molar-refractivity contribution in [2.45, 2.75) is 18.8 Å². The second-order valence-corrected chi connectivity index (χ2v) is 8.98. The summed E-state index contributed by atoms with van der Waals surface area (Å²) < 4.78 is 5.39. The molecule has 1 aliphatic rings. The number of fused-ring (bicyclic) bond motifs is 1. The van der Waals surface area contributed by atoms with Gasteiger partial charge in [0.2, 0.25) is 0 Å². The van der Waals surface area contributed by atoms with Crippen molar-refractivity contribution >= 4 is 17.5 Å². The number of benzene rings is 2. The molecular formula is C26H28N6O. The molecule has 0 saturated heterocycles. The lowest BCUT2D eigenvalue weighted by Gasteiger charge is -2.35. The third-order valence-electron chi connectivity index (χ3n) is 6.36. The summed E-state index contributed by atoms with van der Waals surface area (Å²) in [4.78, 5) is 8.64. The summed E-state index contributed by atoms with van der Waals surface area (Å²) in [5.41, 5.74) is 7.20. The van der Waals surface area contributed by atoms with Gasteiger partial charge in [-0.25, -0.2) is 0 Å². The highest BCUT2D eigenvalue weighted by Gasteiger charge is 2.37. The SMILES string of the molecule is Cc1noc(-c2n[nH]c3c2C=CC(c2cccc(N(C)C)c2)(c2cccc(N(C)C)c2)C3)n1. The molecule has 4 aromatic rings. The smallest absolute Gasteiger partial charge is 0.279 e. The summed E-state index contributed by atoms with van der Waals surface area (Å²) >= 11 is 0. The summed E-state index contributed by atoms with van der Waals surface area (Å²) in [5, 5.41) is 11.7. The zero-order valence-electron chi connectivity index (χ0n) is 19.6. The van der Waals surface area contributed by atoms with E-state index in [1.165, 1.54) is 22.5 Å². The van der Waals surface area contributed by atoms with E-state index in [0.717, 1.165) is 17.7 Å². The average molecular weight is 441 g/mol. The maximum atomic E-state index is 5.39. The van der Waals surface area contributed by atoms with Gasteiger partial charge in [0.05, 0.1) is 0 Å². The van der Waals surface area contributed by atoms with Crippen molar-refractivity contribution in [1.29, 1.82) is 0 Å². The Morgan fingerprint density at radius 1 is 0.939 bits per heavy atom. The first-order chi connectivity index (χ1) is 15.9. The molecule has 0 radical (unpaired) electrons. The Labute approximate surface area is 193 Å². The number of hydrogen-bond acceptors (Lipinski definition) is 6. The van der Waals surface area contributed by atoms with Crippen LogP contribution in [0.5, 0.6) is 0 Å². The Kier molecular flexibility index (Phi) is 5.04. The van der Waals surface area contributed by atoms with Gasteiger partial charge in [-0.15, -0.1) is 0 Å². The van der Waals surface area contributed by atoms with E-state index in [1.807, 2.05) is 6.92 Å². The van der Waals surface area contributed by atoms with E-state index in [2.05, 4.69) is 119 Å². The number of anilines is 2. The van der Waals surface area contributed by atoms with Gasteiger partial charge < -0.3 is 14.3 Å². The number of aromatic amines is 1. The van der Waals surface area contributed by atoms with Gasteiger partial charge in [0.15, 0.2) is 11.5 Å². The number of allylic oxidation sites excluding steroid dienone is 1. The van der Waals surface area contributed by atoms with Gasteiger partial charge >= 0.3 is 0 Å². The fraction of sp³-hybridized carbons (Fsp3) is 0.269. The number of nitrogens with one attached hydrogen (secondary N) is 1. The maximum absolute atomic E-state index is 5.39. The van der Waals surface area contributed by atoms with E-state index in [9.17, 15) is 0 Å². The van der Waals surface area contributed by atoms with Crippen LogP contribution in [0.4, 0.5) is 11.4 Å². The van der Waals surface area contributed by atoms with Gasteiger partial charge in [0.25, 0.3) is 5.89 Å².